The fraction of sp³-hybridized carbons (Fsp3) is 0.583. The van der Waals surface area contributed by atoms with E-state index in [1.165, 1.54) is 0 Å². The van der Waals surface area contributed by atoms with Gasteiger partial charge in [0.25, 0.3) is 0 Å². The number of likely N-dealkylation sites (tertiary alicyclic amines) is 1. The zero-order valence-corrected chi connectivity index (χ0v) is 11.3. The van der Waals surface area contributed by atoms with Crippen LogP contribution < -0.4 is 4.74 Å². The maximum atomic E-state index is 5.84. The van der Waals surface area contributed by atoms with E-state index in [1.54, 1.807) is 6.20 Å². The van der Waals surface area contributed by atoms with Crippen molar-refractivity contribution in [3.63, 3.8) is 0 Å². The van der Waals surface area contributed by atoms with Gasteiger partial charge in [-0.05, 0) is 42.3 Å². The number of ether oxygens (including phenoxy) is 1. The molecule has 0 saturated carbocycles. The number of nitrogens with zero attached hydrogens (tertiary/aromatic N) is 2. The average Bonchev–Trinajstić information content (AvgIpc) is 2.70. The molecule has 88 valence electrons. The van der Waals surface area contributed by atoms with Gasteiger partial charge in [0, 0.05) is 35.9 Å². The topological polar surface area (TPSA) is 25.4 Å². The maximum absolute atomic E-state index is 5.84. The van der Waals surface area contributed by atoms with E-state index in [9.17, 15) is 0 Å². The molecule has 1 saturated heterocycles. The third-order valence-corrected chi connectivity index (χ3v) is 3.36. The first-order valence-electron chi connectivity index (χ1n) is 5.67. The van der Waals surface area contributed by atoms with Gasteiger partial charge in [-0.15, -0.1) is 0 Å². The third-order valence-electron chi connectivity index (χ3n) is 2.89. The minimum atomic E-state index is 0.288. The predicted octanol–water partition coefficient (Wildman–Crippen LogP) is 2.71. The molecule has 1 aromatic rings. The van der Waals surface area contributed by atoms with E-state index < -0.39 is 0 Å². The number of halogens is 1. The summed E-state index contributed by atoms with van der Waals surface area (Å²) in [6, 6.07) is 4.46. The first-order valence-corrected chi connectivity index (χ1v) is 6.46. The Kier molecular flexibility index (Phi) is 3.82. The molecule has 4 heteroatoms. The van der Waals surface area contributed by atoms with Crippen molar-refractivity contribution >= 4 is 15.9 Å². The molecule has 0 spiro atoms. The minimum absolute atomic E-state index is 0.288. The van der Waals surface area contributed by atoms with Crippen LogP contribution in [0.2, 0.25) is 0 Å². The standard InChI is InChI=1S/C12H17BrN2O/c1-9(2)15-6-5-11(8-15)16-12-4-3-10(13)7-14-12/h3-4,7,9,11H,5-6,8H2,1-2H3. The Balaban J connectivity index is 1.89. The summed E-state index contributed by atoms with van der Waals surface area (Å²) in [4.78, 5) is 6.66. The van der Waals surface area contributed by atoms with E-state index in [4.69, 9.17) is 4.74 Å². The molecule has 0 bridgehead atoms. The lowest BCUT2D eigenvalue weighted by molar-refractivity contribution is 0.181. The molecule has 0 aromatic carbocycles. The Labute approximate surface area is 105 Å². The van der Waals surface area contributed by atoms with Crippen molar-refractivity contribution in [3.05, 3.63) is 22.8 Å². The number of aromatic nitrogens is 1. The maximum Gasteiger partial charge on any atom is 0.213 e. The fourth-order valence-corrected chi connectivity index (χ4v) is 2.16. The summed E-state index contributed by atoms with van der Waals surface area (Å²) in [7, 11) is 0. The van der Waals surface area contributed by atoms with Crippen LogP contribution >= 0.6 is 15.9 Å². The zero-order valence-electron chi connectivity index (χ0n) is 9.69. The summed E-state index contributed by atoms with van der Waals surface area (Å²) >= 11 is 3.36. The quantitative estimate of drug-likeness (QED) is 0.854. The number of pyridine rings is 1. The molecular weight excluding hydrogens is 268 g/mol. The van der Waals surface area contributed by atoms with Crippen molar-refractivity contribution in [3.8, 4) is 5.88 Å². The second-order valence-corrected chi connectivity index (χ2v) is 5.35. The first-order chi connectivity index (χ1) is 7.65. The lowest BCUT2D eigenvalue weighted by atomic mass is 10.3. The van der Waals surface area contributed by atoms with Crippen LogP contribution in [-0.2, 0) is 0 Å². The van der Waals surface area contributed by atoms with E-state index in [0.717, 1.165) is 29.9 Å². The van der Waals surface area contributed by atoms with Crippen molar-refractivity contribution in [2.75, 3.05) is 13.1 Å². The monoisotopic (exact) mass is 284 g/mol. The molecule has 1 aliphatic heterocycles. The lowest BCUT2D eigenvalue weighted by Gasteiger charge is -2.20. The highest BCUT2D eigenvalue weighted by Crippen LogP contribution is 2.19. The Hall–Kier alpha value is -0.610. The highest BCUT2D eigenvalue weighted by molar-refractivity contribution is 9.10. The van der Waals surface area contributed by atoms with Gasteiger partial charge in [0.1, 0.15) is 6.10 Å². The van der Waals surface area contributed by atoms with Crippen molar-refractivity contribution in [2.45, 2.75) is 32.4 Å². The molecule has 0 N–H and O–H groups in total. The largest absolute Gasteiger partial charge is 0.473 e. The van der Waals surface area contributed by atoms with Gasteiger partial charge in [0.2, 0.25) is 5.88 Å². The van der Waals surface area contributed by atoms with Gasteiger partial charge >= 0.3 is 0 Å². The molecule has 0 amide bonds. The van der Waals surface area contributed by atoms with E-state index in [2.05, 4.69) is 39.7 Å². The van der Waals surface area contributed by atoms with Crippen molar-refractivity contribution in [1.29, 1.82) is 0 Å². The summed E-state index contributed by atoms with van der Waals surface area (Å²) < 4.78 is 6.82. The highest BCUT2D eigenvalue weighted by Gasteiger charge is 2.25. The summed E-state index contributed by atoms with van der Waals surface area (Å²) in [6.45, 7) is 6.58. The molecule has 0 radical (unpaired) electrons. The molecule has 2 heterocycles. The summed E-state index contributed by atoms with van der Waals surface area (Å²) in [5, 5.41) is 0. The first kappa shape index (κ1) is 11.9. The van der Waals surface area contributed by atoms with Crippen LogP contribution in [-0.4, -0.2) is 35.1 Å². The number of hydrogen-bond acceptors (Lipinski definition) is 3. The molecule has 1 unspecified atom stereocenters. The predicted molar refractivity (Wildman–Crippen MR) is 67.7 cm³/mol. The Morgan fingerprint density at radius 2 is 2.31 bits per heavy atom. The highest BCUT2D eigenvalue weighted by atomic mass is 79.9. The summed E-state index contributed by atoms with van der Waals surface area (Å²) in [6.07, 6.45) is 3.15. The van der Waals surface area contributed by atoms with Crippen molar-refractivity contribution in [1.82, 2.24) is 9.88 Å². The Bertz CT molecular complexity index is 339. The molecule has 1 fully saturated rings. The van der Waals surface area contributed by atoms with Gasteiger partial charge in [-0.3, -0.25) is 4.90 Å². The molecule has 16 heavy (non-hydrogen) atoms. The van der Waals surface area contributed by atoms with Crippen LogP contribution in [0.3, 0.4) is 0 Å². The van der Waals surface area contributed by atoms with Gasteiger partial charge in [0.05, 0.1) is 0 Å². The normalized spacial score (nSPS) is 21.6. The third kappa shape index (κ3) is 2.95. The van der Waals surface area contributed by atoms with Gasteiger partial charge < -0.3 is 4.74 Å². The van der Waals surface area contributed by atoms with E-state index in [1.807, 2.05) is 12.1 Å². The molecule has 1 atom stereocenters. The molecule has 0 aliphatic carbocycles. The average molecular weight is 285 g/mol. The van der Waals surface area contributed by atoms with Crippen molar-refractivity contribution < 1.29 is 4.74 Å². The smallest absolute Gasteiger partial charge is 0.213 e. The lowest BCUT2D eigenvalue weighted by Crippen LogP contribution is -2.30. The molecule has 2 rings (SSSR count). The van der Waals surface area contributed by atoms with Gasteiger partial charge in [-0.2, -0.15) is 0 Å². The van der Waals surface area contributed by atoms with Gasteiger partial charge in [0.15, 0.2) is 0 Å². The number of rotatable bonds is 3. The van der Waals surface area contributed by atoms with Crippen LogP contribution in [0.15, 0.2) is 22.8 Å². The molecule has 1 aliphatic rings. The van der Waals surface area contributed by atoms with E-state index >= 15 is 0 Å². The SMILES string of the molecule is CC(C)N1CCC(Oc2ccc(Br)cn2)C1. The second-order valence-electron chi connectivity index (χ2n) is 4.43. The van der Waals surface area contributed by atoms with Crippen LogP contribution in [0.1, 0.15) is 20.3 Å². The Morgan fingerprint density at radius 3 is 2.88 bits per heavy atom. The molecule has 3 nitrogen and oxygen atoms in total. The molecule has 1 aromatic heterocycles. The van der Waals surface area contributed by atoms with E-state index in [0.29, 0.717) is 6.04 Å². The number of hydrogen-bond donors (Lipinski definition) is 0. The van der Waals surface area contributed by atoms with Crippen LogP contribution in [0.25, 0.3) is 0 Å². The van der Waals surface area contributed by atoms with Gasteiger partial charge in [-0.25, -0.2) is 4.98 Å². The van der Waals surface area contributed by atoms with Crippen LogP contribution in [0.4, 0.5) is 0 Å². The summed E-state index contributed by atoms with van der Waals surface area (Å²) in [5.74, 6) is 0.721. The molecular formula is C12H17BrN2O. The second kappa shape index (κ2) is 5.15. The van der Waals surface area contributed by atoms with Crippen LogP contribution in [0.5, 0.6) is 5.88 Å². The zero-order chi connectivity index (χ0) is 11.5. The fourth-order valence-electron chi connectivity index (χ4n) is 1.92. The van der Waals surface area contributed by atoms with Crippen LogP contribution in [0, 0.1) is 0 Å². The Morgan fingerprint density at radius 1 is 1.50 bits per heavy atom. The van der Waals surface area contributed by atoms with Gasteiger partial charge in [-0.1, -0.05) is 0 Å². The van der Waals surface area contributed by atoms with Crippen molar-refractivity contribution in [2.24, 2.45) is 0 Å². The van der Waals surface area contributed by atoms with E-state index in [-0.39, 0.29) is 6.10 Å². The minimum Gasteiger partial charge on any atom is -0.473 e. The summed E-state index contributed by atoms with van der Waals surface area (Å²) in [5.41, 5.74) is 0.